The Morgan fingerprint density at radius 2 is 1.64 bits per heavy atom. The molecule has 28 heavy (non-hydrogen) atoms. The van der Waals surface area contributed by atoms with E-state index in [1.807, 2.05) is 18.2 Å². The molecule has 2 heterocycles. The van der Waals surface area contributed by atoms with Crippen LogP contribution in [0.1, 0.15) is 32.3 Å². The number of carbonyl (C=O) groups is 2. The van der Waals surface area contributed by atoms with Crippen molar-refractivity contribution in [3.8, 4) is 5.75 Å². The Morgan fingerprint density at radius 1 is 1.00 bits per heavy atom. The monoisotopic (exact) mass is 401 g/mol. The molecular weight excluding hydrogens is 378 g/mol. The maximum Gasteiger partial charge on any atom is 0.261 e. The van der Waals surface area contributed by atoms with Gasteiger partial charge in [-0.25, -0.2) is 0 Å². The number of nitrogens with zero attached hydrogens (tertiary/aromatic N) is 2. The molecule has 2 aliphatic heterocycles. The predicted octanol–water partition coefficient (Wildman–Crippen LogP) is 2.36. The van der Waals surface area contributed by atoms with Gasteiger partial charge in [-0.3, -0.25) is 19.4 Å². The molecule has 0 aromatic heterocycles. The average Bonchev–Trinajstić information content (AvgIpc) is 2.97. The molecule has 148 valence electrons. The lowest BCUT2D eigenvalue weighted by Crippen LogP contribution is -2.49. The second-order valence-electron chi connectivity index (χ2n) is 6.81. The Hall–Kier alpha value is -2.41. The molecule has 2 aliphatic rings. The van der Waals surface area contributed by atoms with E-state index in [1.54, 1.807) is 31.4 Å². The largest absolute Gasteiger partial charge is 0.496 e. The van der Waals surface area contributed by atoms with Crippen LogP contribution >= 0.6 is 12.4 Å². The molecule has 0 aliphatic carbocycles. The maximum absolute atomic E-state index is 12.6. The zero-order chi connectivity index (χ0) is 18.8. The van der Waals surface area contributed by atoms with Crippen molar-refractivity contribution in [3.05, 3.63) is 65.2 Å². The predicted molar refractivity (Wildman–Crippen MR) is 109 cm³/mol. The molecule has 0 radical (unpaired) electrons. The van der Waals surface area contributed by atoms with Gasteiger partial charge in [0.15, 0.2) is 0 Å². The van der Waals surface area contributed by atoms with E-state index in [0.717, 1.165) is 30.9 Å². The van der Waals surface area contributed by atoms with Crippen molar-refractivity contribution in [2.75, 3.05) is 39.8 Å². The van der Waals surface area contributed by atoms with Gasteiger partial charge < -0.3 is 10.1 Å². The molecule has 0 spiro atoms. The fraction of sp³-hybridized carbons (Fsp3) is 0.333. The Labute approximate surface area is 170 Å². The van der Waals surface area contributed by atoms with E-state index in [2.05, 4.69) is 16.3 Å². The maximum atomic E-state index is 12.6. The molecule has 1 unspecified atom stereocenters. The quantitative estimate of drug-likeness (QED) is 0.779. The molecule has 0 saturated carbocycles. The second kappa shape index (κ2) is 8.73. The lowest BCUT2D eigenvalue weighted by molar-refractivity contribution is 0.0613. The third kappa shape index (κ3) is 3.63. The van der Waals surface area contributed by atoms with E-state index in [0.29, 0.717) is 24.2 Å². The second-order valence-corrected chi connectivity index (χ2v) is 6.81. The van der Waals surface area contributed by atoms with Crippen molar-refractivity contribution in [1.82, 2.24) is 15.1 Å². The number of nitrogens with one attached hydrogen (secondary N) is 1. The zero-order valence-electron chi connectivity index (χ0n) is 15.8. The number of imide groups is 1. The SMILES string of the molecule is COc1ccccc1C1CNCCN1CCN1C(=O)c2ccccc2C1=O.Cl. The van der Waals surface area contributed by atoms with E-state index in [4.69, 9.17) is 4.74 Å². The van der Waals surface area contributed by atoms with Gasteiger partial charge in [0, 0.05) is 38.3 Å². The van der Waals surface area contributed by atoms with E-state index in [1.165, 1.54) is 4.90 Å². The van der Waals surface area contributed by atoms with Gasteiger partial charge in [0.25, 0.3) is 11.8 Å². The van der Waals surface area contributed by atoms with Crippen LogP contribution in [-0.2, 0) is 0 Å². The first-order valence-electron chi connectivity index (χ1n) is 9.23. The summed E-state index contributed by atoms with van der Waals surface area (Å²) in [5, 5.41) is 3.43. The van der Waals surface area contributed by atoms with Crippen LogP contribution < -0.4 is 10.1 Å². The lowest BCUT2D eigenvalue weighted by Gasteiger charge is -2.37. The van der Waals surface area contributed by atoms with Gasteiger partial charge in [0.05, 0.1) is 24.3 Å². The summed E-state index contributed by atoms with van der Waals surface area (Å²) < 4.78 is 5.53. The van der Waals surface area contributed by atoms with Gasteiger partial charge in [-0.15, -0.1) is 12.4 Å². The third-order valence-corrected chi connectivity index (χ3v) is 5.34. The normalized spacial score (nSPS) is 19.3. The first-order chi connectivity index (χ1) is 13.2. The minimum Gasteiger partial charge on any atom is -0.496 e. The molecule has 7 heteroatoms. The van der Waals surface area contributed by atoms with Crippen LogP contribution in [0.15, 0.2) is 48.5 Å². The lowest BCUT2D eigenvalue weighted by atomic mass is 10.0. The number of halogens is 1. The Kier molecular flexibility index (Phi) is 6.34. The molecule has 2 amide bonds. The van der Waals surface area contributed by atoms with Crippen LogP contribution in [0.5, 0.6) is 5.75 Å². The number of fused-ring (bicyclic) bond motifs is 1. The molecule has 0 bridgehead atoms. The smallest absolute Gasteiger partial charge is 0.261 e. The van der Waals surface area contributed by atoms with Crippen LogP contribution in [0.25, 0.3) is 0 Å². The number of hydrogen-bond donors (Lipinski definition) is 1. The number of rotatable bonds is 5. The number of amides is 2. The highest BCUT2D eigenvalue weighted by molar-refractivity contribution is 6.21. The molecule has 1 saturated heterocycles. The van der Waals surface area contributed by atoms with Gasteiger partial charge >= 0.3 is 0 Å². The molecule has 1 atom stereocenters. The summed E-state index contributed by atoms with van der Waals surface area (Å²) in [6.07, 6.45) is 0. The van der Waals surface area contributed by atoms with Gasteiger partial charge in [0.1, 0.15) is 5.75 Å². The van der Waals surface area contributed by atoms with Crippen molar-refractivity contribution >= 4 is 24.2 Å². The summed E-state index contributed by atoms with van der Waals surface area (Å²) in [7, 11) is 1.68. The molecule has 1 fully saturated rings. The fourth-order valence-electron chi connectivity index (χ4n) is 3.93. The van der Waals surface area contributed by atoms with Crippen LogP contribution in [0.3, 0.4) is 0 Å². The van der Waals surface area contributed by atoms with Crippen molar-refractivity contribution in [2.45, 2.75) is 6.04 Å². The van der Waals surface area contributed by atoms with E-state index in [9.17, 15) is 9.59 Å². The topological polar surface area (TPSA) is 61.9 Å². The zero-order valence-corrected chi connectivity index (χ0v) is 16.6. The summed E-state index contributed by atoms with van der Waals surface area (Å²) in [5.74, 6) is 0.469. The van der Waals surface area contributed by atoms with Gasteiger partial charge in [-0.2, -0.15) is 0 Å². The van der Waals surface area contributed by atoms with Crippen molar-refractivity contribution in [1.29, 1.82) is 0 Å². The van der Waals surface area contributed by atoms with Crippen LogP contribution in [0, 0.1) is 0 Å². The Bertz CT molecular complexity index is 838. The standard InChI is InChI=1S/C21H23N3O3.ClH/c1-27-19-9-5-4-8-17(19)18-14-22-10-11-23(18)12-13-24-20(25)15-6-2-3-7-16(15)21(24)26;/h2-9,18,22H,10-14H2,1H3;1H. The van der Waals surface area contributed by atoms with Gasteiger partial charge in [-0.1, -0.05) is 30.3 Å². The summed E-state index contributed by atoms with van der Waals surface area (Å²) >= 11 is 0. The van der Waals surface area contributed by atoms with Crippen molar-refractivity contribution < 1.29 is 14.3 Å². The number of para-hydroxylation sites is 1. The minimum absolute atomic E-state index is 0. The van der Waals surface area contributed by atoms with E-state index in [-0.39, 0.29) is 30.3 Å². The fourth-order valence-corrected chi connectivity index (χ4v) is 3.93. The number of methoxy groups -OCH3 is 1. The summed E-state index contributed by atoms with van der Waals surface area (Å²) in [6.45, 7) is 3.57. The molecule has 6 nitrogen and oxygen atoms in total. The van der Waals surface area contributed by atoms with Crippen molar-refractivity contribution in [3.63, 3.8) is 0 Å². The molecule has 1 N–H and O–H groups in total. The van der Waals surface area contributed by atoms with E-state index < -0.39 is 0 Å². The number of carbonyl (C=O) groups excluding carboxylic acids is 2. The number of hydrogen-bond acceptors (Lipinski definition) is 5. The highest BCUT2D eigenvalue weighted by atomic mass is 35.5. The first-order valence-corrected chi connectivity index (χ1v) is 9.23. The minimum atomic E-state index is -0.195. The third-order valence-electron chi connectivity index (χ3n) is 5.34. The molecule has 4 rings (SSSR count). The molecule has 2 aromatic rings. The van der Waals surface area contributed by atoms with E-state index >= 15 is 0 Å². The number of piperazine rings is 1. The summed E-state index contributed by atoms with van der Waals surface area (Å²) in [5.41, 5.74) is 2.13. The van der Waals surface area contributed by atoms with Crippen molar-refractivity contribution in [2.24, 2.45) is 0 Å². The Morgan fingerprint density at radius 3 is 2.32 bits per heavy atom. The van der Waals surface area contributed by atoms with Gasteiger partial charge in [-0.05, 0) is 18.2 Å². The van der Waals surface area contributed by atoms with Crippen LogP contribution in [0.2, 0.25) is 0 Å². The number of benzene rings is 2. The van der Waals surface area contributed by atoms with Gasteiger partial charge in [0.2, 0.25) is 0 Å². The molecule has 2 aromatic carbocycles. The summed E-state index contributed by atoms with van der Waals surface area (Å²) in [4.78, 5) is 28.9. The van der Waals surface area contributed by atoms with Crippen LogP contribution in [0.4, 0.5) is 0 Å². The summed E-state index contributed by atoms with van der Waals surface area (Å²) in [6, 6.07) is 15.2. The highest BCUT2D eigenvalue weighted by Crippen LogP contribution is 2.30. The van der Waals surface area contributed by atoms with Crippen LogP contribution in [-0.4, -0.2) is 61.4 Å². The Balaban J connectivity index is 0.00000225. The first kappa shape index (κ1) is 20.3. The highest BCUT2D eigenvalue weighted by Gasteiger charge is 2.36. The molecular formula is C21H24ClN3O3. The number of ether oxygens (including phenoxy) is 1. The average molecular weight is 402 g/mol.